The largest absolute Gasteiger partial charge is 0.444 e. The summed E-state index contributed by atoms with van der Waals surface area (Å²) in [6, 6.07) is 5.71. The third-order valence-corrected chi connectivity index (χ3v) is 3.79. The van der Waals surface area contributed by atoms with Gasteiger partial charge in [0, 0.05) is 26.2 Å². The molecule has 0 spiro atoms. The molecule has 0 atom stereocenters. The number of likely N-dealkylation sites (tertiary alicyclic amines) is 1. The van der Waals surface area contributed by atoms with Crippen molar-refractivity contribution < 1.29 is 9.53 Å². The maximum atomic E-state index is 12.1. The number of rotatable bonds is 2. The summed E-state index contributed by atoms with van der Waals surface area (Å²) in [5.41, 5.74) is -0.162. The Hall–Kier alpha value is -2.36. The van der Waals surface area contributed by atoms with Gasteiger partial charge >= 0.3 is 6.09 Å². The summed E-state index contributed by atoms with van der Waals surface area (Å²) in [6.07, 6.45) is 1.44. The first-order valence-corrected chi connectivity index (χ1v) is 7.75. The lowest BCUT2D eigenvalue weighted by Gasteiger charge is -2.37. The molecule has 0 aromatic carbocycles. The first-order chi connectivity index (χ1) is 10.8. The fraction of sp³-hybridized carbons (Fsp3) is 0.625. The molecule has 1 aromatic heterocycles. The first-order valence-electron chi connectivity index (χ1n) is 7.75. The van der Waals surface area contributed by atoms with Crippen molar-refractivity contribution in [2.75, 3.05) is 25.0 Å². The Morgan fingerprint density at radius 3 is 2.48 bits per heavy atom. The number of nitriles is 1. The molecule has 7 nitrogen and oxygen atoms in total. The molecule has 2 rings (SSSR count). The second-order valence-electron chi connectivity index (χ2n) is 6.70. The number of aromatic nitrogens is 2. The van der Waals surface area contributed by atoms with Gasteiger partial charge in [0.2, 0.25) is 0 Å². The van der Waals surface area contributed by atoms with Crippen LogP contribution in [0.2, 0.25) is 0 Å². The number of hydrogen-bond acceptors (Lipinski definition) is 6. The van der Waals surface area contributed by atoms with Crippen molar-refractivity contribution >= 4 is 11.9 Å². The smallest absolute Gasteiger partial charge is 0.410 e. The lowest BCUT2D eigenvalue weighted by atomic mass is 10.0. The molecule has 1 fully saturated rings. The number of anilines is 1. The maximum absolute atomic E-state index is 12.1. The summed E-state index contributed by atoms with van der Waals surface area (Å²) >= 11 is 0. The van der Waals surface area contributed by atoms with Crippen LogP contribution >= 0.6 is 0 Å². The molecule has 1 aliphatic rings. The first kappa shape index (κ1) is 17.0. The zero-order valence-corrected chi connectivity index (χ0v) is 14.1. The predicted molar refractivity (Wildman–Crippen MR) is 86.0 cm³/mol. The van der Waals surface area contributed by atoms with E-state index < -0.39 is 5.60 Å². The van der Waals surface area contributed by atoms with Crippen LogP contribution in [0.25, 0.3) is 0 Å². The van der Waals surface area contributed by atoms with Gasteiger partial charge in [-0.3, -0.25) is 0 Å². The van der Waals surface area contributed by atoms with Crippen LogP contribution in [0, 0.1) is 11.3 Å². The van der Waals surface area contributed by atoms with Gasteiger partial charge in [-0.05, 0) is 45.7 Å². The van der Waals surface area contributed by atoms with Crippen LogP contribution in [0.3, 0.4) is 0 Å². The second-order valence-corrected chi connectivity index (χ2v) is 6.70. The summed E-state index contributed by atoms with van der Waals surface area (Å²) in [7, 11) is 1.96. The number of hydrogen-bond donors (Lipinski definition) is 0. The molecule has 1 aromatic rings. The number of amides is 1. The van der Waals surface area contributed by atoms with Gasteiger partial charge in [0.15, 0.2) is 11.5 Å². The third-order valence-electron chi connectivity index (χ3n) is 3.79. The molecule has 1 aliphatic heterocycles. The van der Waals surface area contributed by atoms with Crippen LogP contribution in [0.1, 0.15) is 39.3 Å². The molecule has 0 aliphatic carbocycles. The van der Waals surface area contributed by atoms with Gasteiger partial charge in [0.1, 0.15) is 11.7 Å². The summed E-state index contributed by atoms with van der Waals surface area (Å²) in [6.45, 7) is 6.93. The molecule has 0 bridgehead atoms. The van der Waals surface area contributed by atoms with E-state index in [1.54, 1.807) is 17.0 Å². The third kappa shape index (κ3) is 4.55. The Morgan fingerprint density at radius 2 is 2.00 bits per heavy atom. The fourth-order valence-electron chi connectivity index (χ4n) is 2.52. The van der Waals surface area contributed by atoms with Crippen LogP contribution < -0.4 is 4.90 Å². The van der Waals surface area contributed by atoms with Gasteiger partial charge in [0.05, 0.1) is 0 Å². The normalized spacial score (nSPS) is 15.9. The number of carbonyl (C=O) groups is 1. The number of ether oxygens (including phenoxy) is 1. The van der Waals surface area contributed by atoms with Crippen LogP contribution in [-0.4, -0.2) is 53.0 Å². The standard InChI is InChI=1S/C16H23N5O2/c1-16(2,3)23-15(22)21-9-7-13(8-10-21)20(4)14-6-5-12(11-17)18-19-14/h5-6,13H,7-10H2,1-4H3. The quantitative estimate of drug-likeness (QED) is 0.831. The van der Waals surface area contributed by atoms with Crippen molar-refractivity contribution in [3.63, 3.8) is 0 Å². The minimum atomic E-state index is -0.469. The predicted octanol–water partition coefficient (Wildman–Crippen LogP) is 2.18. The molecule has 1 saturated heterocycles. The lowest BCUT2D eigenvalue weighted by Crippen LogP contribution is -2.47. The highest BCUT2D eigenvalue weighted by Gasteiger charge is 2.28. The highest BCUT2D eigenvalue weighted by atomic mass is 16.6. The Balaban J connectivity index is 1.90. The van der Waals surface area contributed by atoms with Crippen molar-refractivity contribution in [3.05, 3.63) is 17.8 Å². The lowest BCUT2D eigenvalue weighted by molar-refractivity contribution is 0.0205. The summed E-state index contributed by atoms with van der Waals surface area (Å²) in [5.74, 6) is 0.736. The van der Waals surface area contributed by atoms with Crippen molar-refractivity contribution in [2.45, 2.75) is 45.3 Å². The van der Waals surface area contributed by atoms with E-state index >= 15 is 0 Å². The van der Waals surface area contributed by atoms with E-state index in [1.807, 2.05) is 33.9 Å². The maximum Gasteiger partial charge on any atom is 0.410 e. The van der Waals surface area contributed by atoms with E-state index in [4.69, 9.17) is 10.00 Å². The topological polar surface area (TPSA) is 82.4 Å². The summed E-state index contributed by atoms with van der Waals surface area (Å²) in [4.78, 5) is 15.9. The van der Waals surface area contributed by atoms with E-state index in [2.05, 4.69) is 15.1 Å². The number of carbonyl (C=O) groups excluding carboxylic acids is 1. The monoisotopic (exact) mass is 317 g/mol. The van der Waals surface area contributed by atoms with Crippen molar-refractivity contribution in [1.82, 2.24) is 15.1 Å². The van der Waals surface area contributed by atoms with Crippen molar-refractivity contribution in [2.24, 2.45) is 0 Å². The van der Waals surface area contributed by atoms with E-state index in [-0.39, 0.29) is 12.1 Å². The van der Waals surface area contributed by atoms with Crippen LogP contribution in [0.15, 0.2) is 12.1 Å². The van der Waals surface area contributed by atoms with Gasteiger partial charge < -0.3 is 14.5 Å². The Bertz CT molecular complexity index is 580. The minimum Gasteiger partial charge on any atom is -0.444 e. The van der Waals surface area contributed by atoms with Gasteiger partial charge in [-0.25, -0.2) is 4.79 Å². The molecule has 0 N–H and O–H groups in total. The fourth-order valence-corrected chi connectivity index (χ4v) is 2.52. The van der Waals surface area contributed by atoms with E-state index in [0.717, 1.165) is 18.7 Å². The Morgan fingerprint density at radius 1 is 1.35 bits per heavy atom. The molecule has 0 unspecified atom stereocenters. The highest BCUT2D eigenvalue weighted by molar-refractivity contribution is 5.68. The zero-order chi connectivity index (χ0) is 17.0. The number of piperidine rings is 1. The van der Waals surface area contributed by atoms with Gasteiger partial charge in [-0.15, -0.1) is 10.2 Å². The van der Waals surface area contributed by atoms with Crippen LogP contribution in [0.4, 0.5) is 10.6 Å². The van der Waals surface area contributed by atoms with Gasteiger partial charge in [-0.1, -0.05) is 0 Å². The SMILES string of the molecule is CN(c1ccc(C#N)nn1)C1CCN(C(=O)OC(C)(C)C)CC1. The molecular formula is C16H23N5O2. The van der Waals surface area contributed by atoms with Crippen LogP contribution in [0.5, 0.6) is 0 Å². The minimum absolute atomic E-state index is 0.253. The summed E-state index contributed by atoms with van der Waals surface area (Å²) < 4.78 is 5.40. The average Bonchev–Trinajstić information content (AvgIpc) is 2.53. The van der Waals surface area contributed by atoms with Crippen LogP contribution in [-0.2, 0) is 4.74 Å². The van der Waals surface area contributed by atoms with E-state index in [1.165, 1.54) is 0 Å². The van der Waals surface area contributed by atoms with Gasteiger partial charge in [0.25, 0.3) is 0 Å². The number of nitrogens with zero attached hydrogens (tertiary/aromatic N) is 5. The van der Waals surface area contributed by atoms with Gasteiger partial charge in [-0.2, -0.15) is 5.26 Å². The molecule has 2 heterocycles. The second kappa shape index (κ2) is 6.82. The molecule has 124 valence electrons. The summed E-state index contributed by atoms with van der Waals surface area (Å²) in [5, 5.41) is 16.7. The van der Waals surface area contributed by atoms with E-state index in [9.17, 15) is 4.79 Å². The average molecular weight is 317 g/mol. The molecule has 1 amide bonds. The molecule has 23 heavy (non-hydrogen) atoms. The zero-order valence-electron chi connectivity index (χ0n) is 14.1. The molecule has 7 heteroatoms. The van der Waals surface area contributed by atoms with E-state index in [0.29, 0.717) is 18.8 Å². The molecular weight excluding hydrogens is 294 g/mol. The molecule has 0 radical (unpaired) electrons. The Kier molecular flexibility index (Phi) is 5.04. The Labute approximate surface area is 136 Å². The highest BCUT2D eigenvalue weighted by Crippen LogP contribution is 2.21. The van der Waals surface area contributed by atoms with Crippen molar-refractivity contribution in [3.8, 4) is 6.07 Å². The molecule has 0 saturated carbocycles. The van der Waals surface area contributed by atoms with Crippen molar-refractivity contribution in [1.29, 1.82) is 5.26 Å².